The lowest BCUT2D eigenvalue weighted by molar-refractivity contribution is -0.148. The van der Waals surface area contributed by atoms with Crippen molar-refractivity contribution in [3.63, 3.8) is 0 Å². The summed E-state index contributed by atoms with van der Waals surface area (Å²) >= 11 is 0. The number of hydrogen-bond donors (Lipinski definition) is 3. The SMILES string of the molecule is Cc1cc(NC(=O)C(=O)N2C[C@@H](C)CC[C@@H]2[C@H]2CC[C@@H](O)CC2)cnc1N. The molecule has 0 unspecified atom stereocenters. The molecule has 148 valence electrons. The van der Waals surface area contributed by atoms with Gasteiger partial charge in [0.1, 0.15) is 5.82 Å². The monoisotopic (exact) mass is 374 g/mol. The van der Waals surface area contributed by atoms with Gasteiger partial charge in [0.2, 0.25) is 0 Å². The minimum atomic E-state index is -0.629. The number of aliphatic hydroxyl groups excluding tert-OH is 1. The molecular weight excluding hydrogens is 344 g/mol. The third-order valence-electron chi connectivity index (χ3n) is 5.98. The van der Waals surface area contributed by atoms with Crippen LogP contribution in [0.3, 0.4) is 0 Å². The van der Waals surface area contributed by atoms with E-state index in [2.05, 4.69) is 17.2 Å². The highest BCUT2D eigenvalue weighted by Crippen LogP contribution is 2.35. The van der Waals surface area contributed by atoms with Crippen molar-refractivity contribution >= 4 is 23.3 Å². The zero-order valence-corrected chi connectivity index (χ0v) is 16.1. The zero-order chi connectivity index (χ0) is 19.6. The number of rotatable bonds is 2. The second kappa shape index (κ2) is 8.25. The number of carbonyl (C=O) groups excluding carboxylic acids is 2. The first-order valence-electron chi connectivity index (χ1n) is 9.87. The number of nitrogen functional groups attached to an aromatic ring is 1. The van der Waals surface area contributed by atoms with Gasteiger partial charge in [-0.1, -0.05) is 6.92 Å². The summed E-state index contributed by atoms with van der Waals surface area (Å²) in [6.07, 6.45) is 6.60. The highest BCUT2D eigenvalue weighted by molar-refractivity contribution is 6.39. The van der Waals surface area contributed by atoms with Gasteiger partial charge in [0.15, 0.2) is 0 Å². The first-order valence-corrected chi connectivity index (χ1v) is 9.87. The molecule has 2 heterocycles. The largest absolute Gasteiger partial charge is 0.393 e. The number of aromatic nitrogens is 1. The molecule has 3 rings (SSSR count). The third-order valence-corrected chi connectivity index (χ3v) is 5.98. The number of pyridine rings is 1. The van der Waals surface area contributed by atoms with Crippen LogP contribution in [0.25, 0.3) is 0 Å². The second-order valence-corrected chi connectivity index (χ2v) is 8.16. The zero-order valence-electron chi connectivity index (χ0n) is 16.1. The number of aryl methyl sites for hydroxylation is 1. The highest BCUT2D eigenvalue weighted by Gasteiger charge is 2.38. The van der Waals surface area contributed by atoms with Gasteiger partial charge in [0.05, 0.1) is 18.0 Å². The minimum absolute atomic E-state index is 0.0817. The normalized spacial score (nSPS) is 28.6. The van der Waals surface area contributed by atoms with Crippen molar-refractivity contribution in [2.75, 3.05) is 17.6 Å². The molecule has 7 heteroatoms. The Hall–Kier alpha value is -2.15. The van der Waals surface area contributed by atoms with Gasteiger partial charge in [0.25, 0.3) is 0 Å². The van der Waals surface area contributed by atoms with Crippen LogP contribution < -0.4 is 11.1 Å². The number of carbonyl (C=O) groups is 2. The van der Waals surface area contributed by atoms with E-state index in [0.29, 0.717) is 29.9 Å². The molecule has 4 N–H and O–H groups in total. The maximum absolute atomic E-state index is 12.9. The van der Waals surface area contributed by atoms with E-state index in [1.54, 1.807) is 17.9 Å². The summed E-state index contributed by atoms with van der Waals surface area (Å²) in [5.41, 5.74) is 6.93. The van der Waals surface area contributed by atoms with Crippen LogP contribution in [0.15, 0.2) is 12.3 Å². The molecule has 1 aliphatic carbocycles. The summed E-state index contributed by atoms with van der Waals surface area (Å²) in [4.78, 5) is 31.3. The molecule has 2 aliphatic rings. The third kappa shape index (κ3) is 4.58. The van der Waals surface area contributed by atoms with Crippen molar-refractivity contribution in [1.82, 2.24) is 9.88 Å². The number of likely N-dealkylation sites (tertiary alicyclic amines) is 1. The number of aliphatic hydroxyl groups is 1. The van der Waals surface area contributed by atoms with E-state index >= 15 is 0 Å². The molecule has 2 amide bonds. The smallest absolute Gasteiger partial charge is 0.313 e. The van der Waals surface area contributed by atoms with Gasteiger partial charge < -0.3 is 21.1 Å². The number of amides is 2. The Morgan fingerprint density at radius 2 is 1.93 bits per heavy atom. The fourth-order valence-corrected chi connectivity index (χ4v) is 4.35. The van der Waals surface area contributed by atoms with Crippen molar-refractivity contribution in [1.29, 1.82) is 0 Å². The lowest BCUT2D eigenvalue weighted by atomic mass is 9.77. The maximum Gasteiger partial charge on any atom is 0.313 e. The fourth-order valence-electron chi connectivity index (χ4n) is 4.35. The van der Waals surface area contributed by atoms with Crippen molar-refractivity contribution in [3.05, 3.63) is 17.8 Å². The molecule has 1 aliphatic heterocycles. The van der Waals surface area contributed by atoms with E-state index in [-0.39, 0.29) is 12.1 Å². The molecule has 1 saturated heterocycles. The first-order chi connectivity index (χ1) is 12.8. The molecule has 1 aromatic rings. The van der Waals surface area contributed by atoms with Crippen LogP contribution in [-0.4, -0.2) is 45.5 Å². The number of nitrogens with two attached hydrogens (primary N) is 1. The molecule has 7 nitrogen and oxygen atoms in total. The maximum atomic E-state index is 12.9. The molecule has 0 aromatic carbocycles. The Labute approximate surface area is 160 Å². The second-order valence-electron chi connectivity index (χ2n) is 8.16. The van der Waals surface area contributed by atoms with E-state index in [1.807, 2.05) is 0 Å². The Kier molecular flexibility index (Phi) is 5.99. The van der Waals surface area contributed by atoms with Crippen LogP contribution in [0.5, 0.6) is 0 Å². The standard InChI is InChI=1S/C20H30N4O3/c1-12-3-8-17(14-4-6-16(25)7-5-14)24(11-12)20(27)19(26)23-15-9-13(2)18(21)22-10-15/h9-10,12,14,16-17,25H,3-8,11H2,1-2H3,(H2,21,22)(H,23,26)/t12-,14-,16+,17+/m0/s1. The van der Waals surface area contributed by atoms with Crippen molar-refractivity contribution < 1.29 is 14.7 Å². The van der Waals surface area contributed by atoms with Gasteiger partial charge in [-0.15, -0.1) is 0 Å². The summed E-state index contributed by atoms with van der Waals surface area (Å²) in [6.45, 7) is 4.53. The van der Waals surface area contributed by atoms with E-state index in [1.165, 1.54) is 6.20 Å². The summed E-state index contributed by atoms with van der Waals surface area (Å²) in [6, 6.07) is 1.80. The molecule has 2 atom stereocenters. The number of piperidine rings is 1. The van der Waals surface area contributed by atoms with Gasteiger partial charge in [-0.05, 0) is 68.9 Å². The molecule has 1 aromatic heterocycles. The number of anilines is 2. The molecular formula is C20H30N4O3. The Morgan fingerprint density at radius 1 is 1.22 bits per heavy atom. The van der Waals surface area contributed by atoms with Crippen molar-refractivity contribution in [3.8, 4) is 0 Å². The molecule has 27 heavy (non-hydrogen) atoms. The van der Waals surface area contributed by atoms with Gasteiger partial charge >= 0.3 is 11.8 Å². The lowest BCUT2D eigenvalue weighted by Gasteiger charge is -2.44. The van der Waals surface area contributed by atoms with E-state index in [9.17, 15) is 14.7 Å². The van der Waals surface area contributed by atoms with E-state index < -0.39 is 11.8 Å². The Morgan fingerprint density at radius 3 is 2.59 bits per heavy atom. The summed E-state index contributed by atoms with van der Waals surface area (Å²) in [5, 5.41) is 12.4. The summed E-state index contributed by atoms with van der Waals surface area (Å²) in [7, 11) is 0. The predicted octanol–water partition coefficient (Wildman–Crippen LogP) is 2.09. The predicted molar refractivity (Wildman–Crippen MR) is 104 cm³/mol. The van der Waals surface area contributed by atoms with Crippen molar-refractivity contribution in [2.24, 2.45) is 11.8 Å². The van der Waals surface area contributed by atoms with Crippen LogP contribution in [0.4, 0.5) is 11.5 Å². The molecule has 2 fully saturated rings. The van der Waals surface area contributed by atoms with Gasteiger partial charge in [0, 0.05) is 12.6 Å². The lowest BCUT2D eigenvalue weighted by Crippen LogP contribution is -2.53. The van der Waals surface area contributed by atoms with Gasteiger partial charge in [-0.3, -0.25) is 9.59 Å². The molecule has 1 saturated carbocycles. The molecule has 0 radical (unpaired) electrons. The van der Waals surface area contributed by atoms with Crippen LogP contribution in [0.2, 0.25) is 0 Å². The van der Waals surface area contributed by atoms with Crippen LogP contribution in [0, 0.1) is 18.8 Å². The topological polar surface area (TPSA) is 109 Å². The highest BCUT2D eigenvalue weighted by atomic mass is 16.3. The van der Waals surface area contributed by atoms with Gasteiger partial charge in [-0.2, -0.15) is 0 Å². The number of hydrogen-bond acceptors (Lipinski definition) is 5. The summed E-state index contributed by atoms with van der Waals surface area (Å²) in [5.74, 6) is 0.0393. The number of nitrogens with zero attached hydrogens (tertiary/aromatic N) is 2. The van der Waals surface area contributed by atoms with Crippen LogP contribution in [-0.2, 0) is 9.59 Å². The van der Waals surface area contributed by atoms with Gasteiger partial charge in [-0.25, -0.2) is 4.98 Å². The minimum Gasteiger partial charge on any atom is -0.393 e. The van der Waals surface area contributed by atoms with E-state index in [4.69, 9.17) is 5.73 Å². The average molecular weight is 374 g/mol. The Bertz CT molecular complexity index is 700. The first kappa shape index (κ1) is 19.6. The fraction of sp³-hybridized carbons (Fsp3) is 0.650. The number of nitrogens with one attached hydrogen (secondary N) is 1. The van der Waals surface area contributed by atoms with E-state index in [0.717, 1.165) is 44.1 Å². The quantitative estimate of drug-likeness (QED) is 0.687. The van der Waals surface area contributed by atoms with Crippen LogP contribution in [0.1, 0.15) is 51.0 Å². The summed E-state index contributed by atoms with van der Waals surface area (Å²) < 4.78 is 0. The average Bonchev–Trinajstić information content (AvgIpc) is 2.65. The molecule has 0 bridgehead atoms. The van der Waals surface area contributed by atoms with Crippen LogP contribution >= 0.6 is 0 Å². The van der Waals surface area contributed by atoms with Crippen molar-refractivity contribution in [2.45, 2.75) is 64.5 Å². The molecule has 0 spiro atoms. The Balaban J connectivity index is 1.70.